The van der Waals surface area contributed by atoms with Gasteiger partial charge in [0.2, 0.25) is 11.8 Å². The van der Waals surface area contributed by atoms with Gasteiger partial charge >= 0.3 is 0 Å². The van der Waals surface area contributed by atoms with Crippen LogP contribution in [0, 0.1) is 0 Å². The molecule has 1 N–H and O–H groups in total. The van der Waals surface area contributed by atoms with Gasteiger partial charge in [-0.25, -0.2) is 0 Å². The molecule has 2 aliphatic heterocycles. The van der Waals surface area contributed by atoms with E-state index in [1.807, 2.05) is 17.5 Å². The van der Waals surface area contributed by atoms with Crippen LogP contribution in [-0.2, 0) is 28.2 Å². The first-order chi connectivity index (χ1) is 13.7. The molecule has 6 nitrogen and oxygen atoms in total. The summed E-state index contributed by atoms with van der Waals surface area (Å²) in [5.74, 6) is -0.0307. The van der Waals surface area contributed by atoms with E-state index in [9.17, 15) is 14.4 Å². The minimum absolute atomic E-state index is 0.0902. The second kappa shape index (κ2) is 7.30. The lowest BCUT2D eigenvalue weighted by Crippen LogP contribution is -2.52. The number of amides is 3. The smallest absolute Gasteiger partial charge is 0.256 e. The Morgan fingerprint density at radius 2 is 1.90 bits per heavy atom. The van der Waals surface area contributed by atoms with Crippen LogP contribution in [0.2, 0.25) is 0 Å². The molecule has 1 atom stereocenters. The monoisotopic (exact) mass is 412 g/mol. The van der Waals surface area contributed by atoms with E-state index >= 15 is 0 Å². The number of thiophene rings is 1. The van der Waals surface area contributed by atoms with Crippen molar-refractivity contribution < 1.29 is 19.1 Å². The van der Waals surface area contributed by atoms with Crippen molar-refractivity contribution in [3.63, 3.8) is 0 Å². The Kier molecular flexibility index (Phi) is 4.94. The van der Waals surface area contributed by atoms with Crippen molar-refractivity contribution in [2.75, 3.05) is 0 Å². The van der Waals surface area contributed by atoms with Gasteiger partial charge in [-0.1, -0.05) is 32.9 Å². The van der Waals surface area contributed by atoms with Crippen molar-refractivity contribution in [1.29, 1.82) is 0 Å². The van der Waals surface area contributed by atoms with Crippen LogP contribution in [0.3, 0.4) is 0 Å². The van der Waals surface area contributed by atoms with Crippen LogP contribution in [0.15, 0.2) is 29.6 Å². The number of carbonyl (C=O) groups is 3. The highest BCUT2D eigenvalue weighted by Crippen LogP contribution is 2.34. The molecular formula is C22H24N2O4S. The van der Waals surface area contributed by atoms with E-state index < -0.39 is 6.04 Å². The molecule has 3 heterocycles. The molecule has 0 bridgehead atoms. The number of benzene rings is 1. The highest BCUT2D eigenvalue weighted by molar-refractivity contribution is 7.10. The van der Waals surface area contributed by atoms with E-state index in [2.05, 4.69) is 38.2 Å². The van der Waals surface area contributed by atoms with Crippen LogP contribution in [0.1, 0.15) is 60.0 Å². The number of carbonyl (C=O) groups excluding carboxylic acids is 3. The first kappa shape index (κ1) is 19.6. The standard InChI is InChI=1S/C22H24N2O4S/c1-22(2,3)13-4-6-14(7-5-13)28-11-18-15-10-24(21(27)16(15)12-29-18)17-8-9-19(25)23-20(17)26/h4-7,12,17H,8-11H2,1-3H3,(H,23,25,26)/t17-/m0/s1. The van der Waals surface area contributed by atoms with E-state index in [1.54, 1.807) is 4.90 Å². The summed E-state index contributed by atoms with van der Waals surface area (Å²) in [6, 6.07) is 7.49. The Morgan fingerprint density at radius 3 is 2.55 bits per heavy atom. The van der Waals surface area contributed by atoms with Crippen LogP contribution in [-0.4, -0.2) is 28.7 Å². The van der Waals surface area contributed by atoms with Crippen LogP contribution in [0.25, 0.3) is 0 Å². The number of hydrogen-bond acceptors (Lipinski definition) is 5. The van der Waals surface area contributed by atoms with Crippen molar-refractivity contribution in [2.45, 2.75) is 58.2 Å². The Morgan fingerprint density at radius 1 is 1.17 bits per heavy atom. The number of nitrogens with zero attached hydrogens (tertiary/aromatic N) is 1. The van der Waals surface area contributed by atoms with Gasteiger partial charge in [0.1, 0.15) is 18.4 Å². The normalized spacial score (nSPS) is 19.3. The second-order valence-electron chi connectivity index (χ2n) is 8.51. The van der Waals surface area contributed by atoms with Crippen LogP contribution in [0.5, 0.6) is 5.75 Å². The minimum atomic E-state index is -0.587. The maximum Gasteiger partial charge on any atom is 0.256 e. The molecule has 0 aliphatic carbocycles. The van der Waals surface area contributed by atoms with Crippen molar-refractivity contribution in [1.82, 2.24) is 10.2 Å². The summed E-state index contributed by atoms with van der Waals surface area (Å²) in [5.41, 5.74) is 2.90. The molecule has 1 saturated heterocycles. The van der Waals surface area contributed by atoms with Gasteiger partial charge in [0.05, 0.1) is 5.56 Å². The average Bonchev–Trinajstić information content (AvgIpc) is 3.20. The third-order valence-corrected chi connectivity index (χ3v) is 6.48. The number of rotatable bonds is 4. The zero-order valence-electron chi connectivity index (χ0n) is 16.8. The SMILES string of the molecule is CC(C)(C)c1ccc(OCc2scc3c2CN([C@H]2CCC(=O)NC2=O)C3=O)cc1. The summed E-state index contributed by atoms with van der Waals surface area (Å²) in [7, 11) is 0. The summed E-state index contributed by atoms with van der Waals surface area (Å²) < 4.78 is 5.95. The molecule has 2 aromatic rings. The van der Waals surface area contributed by atoms with E-state index in [4.69, 9.17) is 4.74 Å². The number of fused-ring (bicyclic) bond motifs is 1. The average molecular weight is 413 g/mol. The molecule has 29 heavy (non-hydrogen) atoms. The van der Waals surface area contributed by atoms with E-state index in [-0.39, 0.29) is 29.6 Å². The lowest BCUT2D eigenvalue weighted by atomic mass is 9.87. The molecule has 1 fully saturated rings. The second-order valence-corrected chi connectivity index (χ2v) is 9.48. The lowest BCUT2D eigenvalue weighted by molar-refractivity contribution is -0.136. The fraction of sp³-hybridized carbons (Fsp3) is 0.409. The quantitative estimate of drug-likeness (QED) is 0.781. The third kappa shape index (κ3) is 3.79. The Bertz CT molecular complexity index is 972. The summed E-state index contributed by atoms with van der Waals surface area (Å²) in [6.07, 6.45) is 0.629. The molecule has 0 radical (unpaired) electrons. The zero-order chi connectivity index (χ0) is 20.8. The van der Waals surface area contributed by atoms with Gasteiger partial charge in [0, 0.05) is 28.8 Å². The van der Waals surface area contributed by atoms with Gasteiger partial charge in [0.25, 0.3) is 5.91 Å². The molecule has 7 heteroatoms. The first-order valence-electron chi connectivity index (χ1n) is 9.71. The molecule has 2 aliphatic rings. The Labute approximate surface area is 173 Å². The predicted octanol–water partition coefficient (Wildman–Crippen LogP) is 3.39. The molecular weight excluding hydrogens is 388 g/mol. The van der Waals surface area contributed by atoms with Crippen LogP contribution >= 0.6 is 11.3 Å². The van der Waals surface area contributed by atoms with E-state index in [1.165, 1.54) is 16.9 Å². The van der Waals surface area contributed by atoms with Crippen molar-refractivity contribution >= 4 is 29.1 Å². The highest BCUT2D eigenvalue weighted by Gasteiger charge is 2.40. The van der Waals surface area contributed by atoms with Gasteiger partial charge in [-0.2, -0.15) is 0 Å². The number of imide groups is 1. The fourth-order valence-corrected chi connectivity index (χ4v) is 4.67. The first-order valence-corrected chi connectivity index (χ1v) is 10.6. The minimum Gasteiger partial charge on any atom is -0.488 e. The van der Waals surface area contributed by atoms with Gasteiger partial charge in [-0.15, -0.1) is 11.3 Å². The Balaban J connectivity index is 1.44. The van der Waals surface area contributed by atoms with E-state index in [0.29, 0.717) is 25.1 Å². The lowest BCUT2D eigenvalue weighted by Gasteiger charge is -2.29. The predicted molar refractivity (Wildman–Crippen MR) is 110 cm³/mol. The maximum absolute atomic E-state index is 12.8. The number of ether oxygens (including phenoxy) is 1. The zero-order valence-corrected chi connectivity index (χ0v) is 17.6. The van der Waals surface area contributed by atoms with Crippen molar-refractivity contribution in [3.05, 3.63) is 51.2 Å². The number of piperidine rings is 1. The largest absolute Gasteiger partial charge is 0.488 e. The molecule has 0 saturated carbocycles. The highest BCUT2D eigenvalue weighted by atomic mass is 32.1. The molecule has 1 aromatic heterocycles. The van der Waals surface area contributed by atoms with Gasteiger partial charge < -0.3 is 9.64 Å². The van der Waals surface area contributed by atoms with Crippen molar-refractivity contribution in [3.8, 4) is 5.75 Å². The van der Waals surface area contributed by atoms with Gasteiger partial charge in [-0.3, -0.25) is 19.7 Å². The number of nitrogens with one attached hydrogen (secondary N) is 1. The van der Waals surface area contributed by atoms with Crippen LogP contribution in [0.4, 0.5) is 0 Å². The summed E-state index contributed by atoms with van der Waals surface area (Å²) >= 11 is 1.51. The van der Waals surface area contributed by atoms with Crippen molar-refractivity contribution in [2.24, 2.45) is 0 Å². The van der Waals surface area contributed by atoms with Gasteiger partial charge in [0.15, 0.2) is 0 Å². The topological polar surface area (TPSA) is 75.7 Å². The molecule has 4 rings (SSSR count). The molecule has 1 aromatic carbocycles. The molecule has 152 valence electrons. The molecule has 3 amide bonds. The fourth-order valence-electron chi connectivity index (χ4n) is 3.72. The number of hydrogen-bond donors (Lipinski definition) is 1. The molecule has 0 spiro atoms. The summed E-state index contributed by atoms with van der Waals surface area (Å²) in [5, 5.41) is 4.17. The third-order valence-electron chi connectivity index (χ3n) is 5.48. The molecule has 0 unspecified atom stereocenters. The maximum atomic E-state index is 12.8. The summed E-state index contributed by atoms with van der Waals surface area (Å²) in [4.78, 5) is 38.9. The van der Waals surface area contributed by atoms with E-state index in [0.717, 1.165) is 16.2 Å². The van der Waals surface area contributed by atoms with Gasteiger partial charge in [-0.05, 0) is 29.5 Å². The summed E-state index contributed by atoms with van der Waals surface area (Å²) in [6.45, 7) is 7.27. The van der Waals surface area contributed by atoms with Crippen LogP contribution < -0.4 is 10.1 Å². The Hall–Kier alpha value is -2.67.